The summed E-state index contributed by atoms with van der Waals surface area (Å²) in [6.07, 6.45) is 1.49. The van der Waals surface area contributed by atoms with E-state index in [2.05, 4.69) is 29.8 Å². The number of benzene rings is 1. The van der Waals surface area contributed by atoms with E-state index in [0.29, 0.717) is 0 Å². The lowest BCUT2D eigenvalue weighted by atomic mass is 10.2. The molecule has 0 spiro atoms. The van der Waals surface area contributed by atoms with Crippen molar-refractivity contribution in [1.29, 1.82) is 0 Å². The molecule has 3 nitrogen and oxygen atoms in total. The first-order chi connectivity index (χ1) is 9.08. The van der Waals surface area contributed by atoms with Crippen molar-refractivity contribution in [2.24, 2.45) is 0 Å². The van der Waals surface area contributed by atoms with Crippen molar-refractivity contribution in [1.82, 2.24) is 4.90 Å². The molecular weight excluding hydrogens is 306 g/mol. The van der Waals surface area contributed by atoms with Crippen LogP contribution in [0.1, 0.15) is 33.6 Å². The summed E-state index contributed by atoms with van der Waals surface area (Å²) >= 11 is 3.37. The average Bonchev–Trinajstić information content (AvgIpc) is 2.40. The minimum atomic E-state index is -0.445. The summed E-state index contributed by atoms with van der Waals surface area (Å²) in [7, 11) is 0. The van der Waals surface area contributed by atoms with Crippen LogP contribution < -0.4 is 4.74 Å². The molecule has 1 atom stereocenters. The van der Waals surface area contributed by atoms with Crippen molar-refractivity contribution in [3.63, 3.8) is 0 Å². The van der Waals surface area contributed by atoms with Crippen LogP contribution in [-0.2, 0) is 4.79 Å². The van der Waals surface area contributed by atoms with Gasteiger partial charge in [-0.25, -0.2) is 0 Å². The summed E-state index contributed by atoms with van der Waals surface area (Å²) in [6, 6.07) is 7.53. The number of carbonyl (C=O) groups excluding carboxylic acids is 1. The summed E-state index contributed by atoms with van der Waals surface area (Å²) in [5.41, 5.74) is 0. The van der Waals surface area contributed by atoms with Crippen LogP contribution in [0.15, 0.2) is 28.7 Å². The summed E-state index contributed by atoms with van der Waals surface area (Å²) in [4.78, 5) is 14.2. The van der Waals surface area contributed by atoms with E-state index in [1.807, 2.05) is 36.1 Å². The molecule has 1 amide bonds. The lowest BCUT2D eigenvalue weighted by molar-refractivity contribution is -0.138. The van der Waals surface area contributed by atoms with Crippen LogP contribution >= 0.6 is 15.9 Å². The Kier molecular flexibility index (Phi) is 6.92. The number of nitrogens with zero attached hydrogens (tertiary/aromatic N) is 1. The molecule has 0 heterocycles. The first kappa shape index (κ1) is 16.0. The van der Waals surface area contributed by atoms with Crippen LogP contribution in [0.25, 0.3) is 0 Å². The predicted octanol–water partition coefficient (Wildman–Crippen LogP) is 3.87. The van der Waals surface area contributed by atoms with Gasteiger partial charge in [-0.15, -0.1) is 0 Å². The van der Waals surface area contributed by atoms with Gasteiger partial charge in [-0.1, -0.05) is 29.8 Å². The fraction of sp³-hybridized carbons (Fsp3) is 0.533. The third-order valence-corrected chi connectivity index (χ3v) is 3.30. The molecule has 0 bridgehead atoms. The van der Waals surface area contributed by atoms with E-state index in [1.54, 1.807) is 0 Å². The zero-order valence-corrected chi connectivity index (χ0v) is 13.4. The minimum absolute atomic E-state index is 0.0617. The average molecular weight is 328 g/mol. The molecule has 0 radical (unpaired) electrons. The van der Waals surface area contributed by atoms with Crippen molar-refractivity contribution < 1.29 is 9.53 Å². The Morgan fingerprint density at radius 2 is 1.74 bits per heavy atom. The highest BCUT2D eigenvalue weighted by Crippen LogP contribution is 2.17. The number of hydrogen-bond acceptors (Lipinski definition) is 2. The van der Waals surface area contributed by atoms with Gasteiger partial charge in [0.15, 0.2) is 6.10 Å². The maximum atomic E-state index is 12.3. The van der Waals surface area contributed by atoms with Crippen LogP contribution in [0.2, 0.25) is 0 Å². The Labute approximate surface area is 124 Å². The fourth-order valence-corrected chi connectivity index (χ4v) is 2.16. The molecule has 1 unspecified atom stereocenters. The molecule has 19 heavy (non-hydrogen) atoms. The van der Waals surface area contributed by atoms with Gasteiger partial charge >= 0.3 is 0 Å². The number of carbonyl (C=O) groups is 1. The molecule has 1 rings (SSSR count). The van der Waals surface area contributed by atoms with Crippen LogP contribution in [0.5, 0.6) is 5.75 Å². The molecular formula is C15H22BrNO2. The normalized spacial score (nSPS) is 12.0. The van der Waals surface area contributed by atoms with E-state index >= 15 is 0 Å². The van der Waals surface area contributed by atoms with E-state index in [4.69, 9.17) is 4.74 Å². The number of halogens is 1. The first-order valence-electron chi connectivity index (χ1n) is 6.79. The Balaban J connectivity index is 2.62. The predicted molar refractivity (Wildman–Crippen MR) is 81.4 cm³/mol. The van der Waals surface area contributed by atoms with Gasteiger partial charge < -0.3 is 9.64 Å². The molecule has 0 fully saturated rings. The van der Waals surface area contributed by atoms with Crippen molar-refractivity contribution in [2.45, 2.75) is 39.7 Å². The van der Waals surface area contributed by atoms with Crippen molar-refractivity contribution in [3.05, 3.63) is 28.7 Å². The van der Waals surface area contributed by atoms with Gasteiger partial charge in [0.1, 0.15) is 5.75 Å². The maximum Gasteiger partial charge on any atom is 0.263 e. The number of hydrogen-bond donors (Lipinski definition) is 0. The van der Waals surface area contributed by atoms with E-state index in [-0.39, 0.29) is 5.91 Å². The Morgan fingerprint density at radius 3 is 2.21 bits per heavy atom. The van der Waals surface area contributed by atoms with Gasteiger partial charge in [0.05, 0.1) is 0 Å². The molecule has 0 aromatic heterocycles. The topological polar surface area (TPSA) is 29.5 Å². The van der Waals surface area contributed by atoms with Gasteiger partial charge in [-0.05, 0) is 44.0 Å². The van der Waals surface area contributed by atoms with Gasteiger partial charge in [-0.2, -0.15) is 0 Å². The second-order valence-corrected chi connectivity index (χ2v) is 5.45. The van der Waals surface area contributed by atoms with Gasteiger partial charge in [0, 0.05) is 17.6 Å². The highest BCUT2D eigenvalue weighted by molar-refractivity contribution is 9.10. The van der Waals surface area contributed by atoms with Crippen molar-refractivity contribution >= 4 is 21.8 Å². The summed E-state index contributed by atoms with van der Waals surface area (Å²) in [6.45, 7) is 7.55. The first-order valence-corrected chi connectivity index (χ1v) is 7.58. The standard InChI is InChI=1S/C15H22BrNO2/c1-4-10-17(11-5-2)15(18)12(3)19-14-8-6-13(16)7-9-14/h6-9,12H,4-5,10-11H2,1-3H3. The Hall–Kier alpha value is -1.03. The summed E-state index contributed by atoms with van der Waals surface area (Å²) < 4.78 is 6.69. The highest BCUT2D eigenvalue weighted by Gasteiger charge is 2.20. The van der Waals surface area contributed by atoms with Crippen molar-refractivity contribution in [2.75, 3.05) is 13.1 Å². The second kappa shape index (κ2) is 8.20. The lowest BCUT2D eigenvalue weighted by Crippen LogP contribution is -2.41. The zero-order valence-electron chi connectivity index (χ0n) is 11.9. The molecule has 0 aliphatic carbocycles. The summed E-state index contributed by atoms with van der Waals surface area (Å²) in [5.74, 6) is 0.781. The Morgan fingerprint density at radius 1 is 1.21 bits per heavy atom. The monoisotopic (exact) mass is 327 g/mol. The quantitative estimate of drug-likeness (QED) is 0.760. The highest BCUT2D eigenvalue weighted by atomic mass is 79.9. The van der Waals surface area contributed by atoms with E-state index in [1.165, 1.54) is 0 Å². The smallest absolute Gasteiger partial charge is 0.263 e. The molecule has 0 aliphatic heterocycles. The van der Waals surface area contributed by atoms with Crippen LogP contribution in [0.4, 0.5) is 0 Å². The zero-order chi connectivity index (χ0) is 14.3. The largest absolute Gasteiger partial charge is 0.481 e. The lowest BCUT2D eigenvalue weighted by Gasteiger charge is -2.25. The Bertz CT molecular complexity index is 386. The molecule has 1 aromatic rings. The van der Waals surface area contributed by atoms with Crippen LogP contribution in [0.3, 0.4) is 0 Å². The molecule has 0 aliphatic rings. The molecule has 1 aromatic carbocycles. The third kappa shape index (κ3) is 5.23. The van der Waals surface area contributed by atoms with E-state index in [9.17, 15) is 4.79 Å². The molecule has 0 N–H and O–H groups in total. The maximum absolute atomic E-state index is 12.3. The fourth-order valence-electron chi connectivity index (χ4n) is 1.90. The van der Waals surface area contributed by atoms with E-state index < -0.39 is 6.10 Å². The van der Waals surface area contributed by atoms with Crippen molar-refractivity contribution in [3.8, 4) is 5.75 Å². The number of amides is 1. The SMILES string of the molecule is CCCN(CCC)C(=O)C(C)Oc1ccc(Br)cc1. The van der Waals surface area contributed by atoms with Gasteiger partial charge in [-0.3, -0.25) is 4.79 Å². The van der Waals surface area contributed by atoms with Gasteiger partial charge in [0.25, 0.3) is 5.91 Å². The van der Waals surface area contributed by atoms with Crippen LogP contribution in [-0.4, -0.2) is 30.0 Å². The summed E-state index contributed by atoms with van der Waals surface area (Å²) in [5, 5.41) is 0. The second-order valence-electron chi connectivity index (χ2n) is 4.54. The van der Waals surface area contributed by atoms with Crippen LogP contribution in [0, 0.1) is 0 Å². The molecule has 0 saturated heterocycles. The third-order valence-electron chi connectivity index (χ3n) is 2.77. The molecule has 4 heteroatoms. The minimum Gasteiger partial charge on any atom is -0.481 e. The number of ether oxygens (including phenoxy) is 1. The number of rotatable bonds is 7. The van der Waals surface area contributed by atoms with Gasteiger partial charge in [0.2, 0.25) is 0 Å². The molecule has 106 valence electrons. The molecule has 0 saturated carbocycles. The van der Waals surface area contributed by atoms with E-state index in [0.717, 1.165) is 36.2 Å².